The predicted molar refractivity (Wildman–Crippen MR) is 73.3 cm³/mol. The van der Waals surface area contributed by atoms with E-state index < -0.39 is 30.3 Å². The topological polar surface area (TPSA) is 55.8 Å². The number of nitrogens with zero attached hydrogens (tertiary/aromatic N) is 1. The van der Waals surface area contributed by atoms with Crippen molar-refractivity contribution < 1.29 is 32.2 Å². The van der Waals surface area contributed by atoms with Crippen LogP contribution >= 0.6 is 0 Å². The van der Waals surface area contributed by atoms with Gasteiger partial charge in [-0.2, -0.15) is 13.2 Å². The molecule has 1 aromatic carbocycles. The summed E-state index contributed by atoms with van der Waals surface area (Å²) in [6, 6.07) is 8.48. The lowest BCUT2D eigenvalue weighted by Crippen LogP contribution is -2.62. The molecule has 0 spiro atoms. The molecule has 0 fully saturated rings. The van der Waals surface area contributed by atoms with E-state index in [1.54, 1.807) is 30.3 Å². The summed E-state index contributed by atoms with van der Waals surface area (Å²) in [4.78, 5) is 24.1. The zero-order chi connectivity index (χ0) is 17.1. The van der Waals surface area contributed by atoms with Crippen molar-refractivity contribution in [1.82, 2.24) is 4.90 Å². The minimum atomic E-state index is -5.03. The number of benzene rings is 1. The van der Waals surface area contributed by atoms with E-state index in [-0.39, 0.29) is 6.61 Å². The Morgan fingerprint density at radius 3 is 2.48 bits per heavy atom. The maximum atomic E-state index is 13.4. The van der Waals surface area contributed by atoms with Crippen molar-refractivity contribution in [1.29, 1.82) is 0 Å². The van der Waals surface area contributed by atoms with Crippen LogP contribution < -0.4 is 0 Å². The number of hydrogen-bond donors (Lipinski definition) is 0. The lowest BCUT2D eigenvalue weighted by atomic mass is 9.99. The second-order valence-corrected chi connectivity index (χ2v) is 4.81. The Morgan fingerprint density at radius 2 is 1.91 bits per heavy atom. The van der Waals surface area contributed by atoms with E-state index in [0.717, 1.165) is 13.2 Å². The fourth-order valence-corrected chi connectivity index (χ4v) is 2.28. The molecule has 0 aromatic heterocycles. The molecule has 0 aliphatic carbocycles. The number of hydrogen-bond acceptors (Lipinski definition) is 4. The van der Waals surface area contributed by atoms with E-state index in [1.165, 1.54) is 0 Å². The van der Waals surface area contributed by atoms with Gasteiger partial charge in [-0.1, -0.05) is 36.4 Å². The Balaban J connectivity index is 2.20. The summed E-state index contributed by atoms with van der Waals surface area (Å²) in [5, 5.41) is 0. The van der Waals surface area contributed by atoms with Gasteiger partial charge in [0.2, 0.25) is 0 Å². The van der Waals surface area contributed by atoms with Gasteiger partial charge in [-0.05, 0) is 11.6 Å². The lowest BCUT2D eigenvalue weighted by molar-refractivity contribution is -0.217. The molecule has 0 bridgehead atoms. The third-order valence-corrected chi connectivity index (χ3v) is 3.43. The highest BCUT2D eigenvalue weighted by molar-refractivity contribution is 5.90. The molecule has 8 heteroatoms. The predicted octanol–water partition coefficient (Wildman–Crippen LogP) is 2.67. The largest absolute Gasteiger partial charge is 0.467 e. The standard InChI is InChI=1S/C15H14F3NO4/c1-22-12(20)14(15(16,17)18)8-5-9-19(14)13(21)23-10-11-6-3-2-4-7-11/h2-8H,9-10H2,1H3. The number of amides is 1. The average Bonchev–Trinajstić information content (AvgIpc) is 2.98. The molecule has 1 aliphatic heterocycles. The van der Waals surface area contributed by atoms with E-state index in [9.17, 15) is 22.8 Å². The molecule has 0 saturated heterocycles. The summed E-state index contributed by atoms with van der Waals surface area (Å²) in [6.45, 7) is -0.604. The van der Waals surface area contributed by atoms with Gasteiger partial charge < -0.3 is 9.47 Å². The van der Waals surface area contributed by atoms with Crippen molar-refractivity contribution >= 4 is 12.1 Å². The highest BCUT2D eigenvalue weighted by atomic mass is 19.4. The first-order chi connectivity index (χ1) is 10.8. The average molecular weight is 329 g/mol. The molecular formula is C15H14F3NO4. The van der Waals surface area contributed by atoms with Crippen LogP contribution in [0.25, 0.3) is 0 Å². The molecule has 1 amide bonds. The van der Waals surface area contributed by atoms with Crippen LogP contribution in [-0.2, 0) is 20.9 Å². The molecule has 124 valence electrons. The minimum Gasteiger partial charge on any atom is -0.467 e. The molecule has 1 aliphatic rings. The van der Waals surface area contributed by atoms with E-state index in [0.29, 0.717) is 16.5 Å². The Kier molecular flexibility index (Phi) is 4.63. The van der Waals surface area contributed by atoms with Gasteiger partial charge in [0.05, 0.1) is 7.11 Å². The van der Waals surface area contributed by atoms with Crippen molar-refractivity contribution in [2.45, 2.75) is 18.3 Å². The first-order valence-electron chi connectivity index (χ1n) is 6.64. The summed E-state index contributed by atoms with van der Waals surface area (Å²) in [5.74, 6) is -1.59. The molecule has 0 radical (unpaired) electrons. The van der Waals surface area contributed by atoms with Crippen LogP contribution in [0, 0.1) is 0 Å². The van der Waals surface area contributed by atoms with Crippen LogP contribution in [0.1, 0.15) is 5.56 Å². The highest BCUT2D eigenvalue weighted by Gasteiger charge is 2.67. The monoisotopic (exact) mass is 329 g/mol. The Morgan fingerprint density at radius 1 is 1.26 bits per heavy atom. The highest BCUT2D eigenvalue weighted by Crippen LogP contribution is 2.41. The van der Waals surface area contributed by atoms with Crippen LogP contribution in [0.5, 0.6) is 0 Å². The van der Waals surface area contributed by atoms with Gasteiger partial charge in [0.25, 0.3) is 5.54 Å². The van der Waals surface area contributed by atoms with Gasteiger partial charge in [-0.15, -0.1) is 0 Å². The third kappa shape index (κ3) is 3.01. The van der Waals surface area contributed by atoms with Crippen molar-refractivity contribution in [3.8, 4) is 0 Å². The van der Waals surface area contributed by atoms with Crippen LogP contribution in [0.15, 0.2) is 42.5 Å². The van der Waals surface area contributed by atoms with Gasteiger partial charge in [0.15, 0.2) is 0 Å². The number of rotatable bonds is 3. The molecule has 2 rings (SSSR count). The van der Waals surface area contributed by atoms with Crippen LogP contribution in [0.2, 0.25) is 0 Å². The molecular weight excluding hydrogens is 315 g/mol. The Labute approximate surface area is 130 Å². The number of carbonyl (C=O) groups excluding carboxylic acids is 2. The second-order valence-electron chi connectivity index (χ2n) is 4.81. The van der Waals surface area contributed by atoms with Gasteiger partial charge in [0, 0.05) is 6.54 Å². The van der Waals surface area contributed by atoms with E-state index in [4.69, 9.17) is 4.74 Å². The summed E-state index contributed by atoms with van der Waals surface area (Å²) >= 11 is 0. The molecule has 1 heterocycles. The molecule has 23 heavy (non-hydrogen) atoms. The van der Waals surface area contributed by atoms with Crippen LogP contribution in [0.4, 0.5) is 18.0 Å². The summed E-state index contributed by atoms with van der Waals surface area (Å²) < 4.78 is 49.4. The molecule has 5 nitrogen and oxygen atoms in total. The normalized spacial score (nSPS) is 20.4. The van der Waals surface area contributed by atoms with Gasteiger partial charge in [0.1, 0.15) is 6.61 Å². The zero-order valence-electron chi connectivity index (χ0n) is 12.2. The number of esters is 1. The number of carbonyl (C=O) groups is 2. The fourth-order valence-electron chi connectivity index (χ4n) is 2.28. The van der Waals surface area contributed by atoms with Crippen molar-refractivity contribution in [2.24, 2.45) is 0 Å². The number of methoxy groups -OCH3 is 1. The van der Waals surface area contributed by atoms with Gasteiger partial charge >= 0.3 is 18.2 Å². The molecule has 1 atom stereocenters. The molecule has 0 N–H and O–H groups in total. The van der Waals surface area contributed by atoms with Crippen LogP contribution in [-0.4, -0.2) is 42.3 Å². The smallest absolute Gasteiger partial charge is 0.426 e. The maximum Gasteiger partial charge on any atom is 0.426 e. The van der Waals surface area contributed by atoms with Crippen LogP contribution in [0.3, 0.4) is 0 Å². The zero-order valence-corrected chi connectivity index (χ0v) is 12.2. The SMILES string of the molecule is COC(=O)C1(C(F)(F)F)C=CCN1C(=O)OCc1ccccc1. The first-order valence-corrected chi connectivity index (χ1v) is 6.64. The Bertz CT molecular complexity index is 615. The lowest BCUT2D eigenvalue weighted by Gasteiger charge is -2.35. The molecule has 1 unspecified atom stereocenters. The van der Waals surface area contributed by atoms with Crippen molar-refractivity contribution in [3.05, 3.63) is 48.0 Å². The van der Waals surface area contributed by atoms with Crippen molar-refractivity contribution in [2.75, 3.05) is 13.7 Å². The van der Waals surface area contributed by atoms with Gasteiger partial charge in [-0.3, -0.25) is 4.90 Å². The van der Waals surface area contributed by atoms with E-state index in [1.807, 2.05) is 0 Å². The third-order valence-electron chi connectivity index (χ3n) is 3.43. The first kappa shape index (κ1) is 16.9. The van der Waals surface area contributed by atoms with E-state index >= 15 is 0 Å². The van der Waals surface area contributed by atoms with E-state index in [2.05, 4.69) is 4.74 Å². The minimum absolute atomic E-state index is 0.203. The quantitative estimate of drug-likeness (QED) is 0.632. The number of ether oxygens (including phenoxy) is 2. The summed E-state index contributed by atoms with van der Waals surface area (Å²) in [7, 11) is 0.829. The number of alkyl halides is 3. The summed E-state index contributed by atoms with van der Waals surface area (Å²) in [5.41, 5.74) is -2.54. The fraction of sp³-hybridized carbons (Fsp3) is 0.333. The number of halogens is 3. The maximum absolute atomic E-state index is 13.4. The second kappa shape index (κ2) is 6.31. The van der Waals surface area contributed by atoms with Crippen molar-refractivity contribution in [3.63, 3.8) is 0 Å². The molecule has 1 aromatic rings. The summed E-state index contributed by atoms with van der Waals surface area (Å²) in [6.07, 6.45) is -4.59. The Hall–Kier alpha value is -2.51. The molecule has 0 saturated carbocycles. The van der Waals surface area contributed by atoms with Gasteiger partial charge in [-0.25, -0.2) is 9.59 Å².